The Kier molecular flexibility index (Phi) is 4.12. The standard InChI is InChI=1S/C14H16N2O2/c1-2-3-8-18-13-6-4-11(5-7-13)14-15-9-12(17)10-16-14/h4-7,9-10,17H,2-3,8H2,1H3. The molecule has 0 amide bonds. The summed E-state index contributed by atoms with van der Waals surface area (Å²) in [5.74, 6) is 1.51. The zero-order chi connectivity index (χ0) is 12.8. The molecule has 94 valence electrons. The van der Waals surface area contributed by atoms with Gasteiger partial charge in [-0.25, -0.2) is 9.97 Å². The fraction of sp³-hybridized carbons (Fsp3) is 0.286. The molecule has 0 spiro atoms. The molecule has 1 aromatic heterocycles. The lowest BCUT2D eigenvalue weighted by atomic mass is 10.2. The van der Waals surface area contributed by atoms with Crippen molar-refractivity contribution in [3.63, 3.8) is 0 Å². The van der Waals surface area contributed by atoms with E-state index in [0.717, 1.165) is 30.8 Å². The van der Waals surface area contributed by atoms with Gasteiger partial charge in [0.1, 0.15) is 5.75 Å². The molecule has 0 saturated heterocycles. The third-order valence-electron chi connectivity index (χ3n) is 2.52. The van der Waals surface area contributed by atoms with Crippen molar-refractivity contribution in [1.82, 2.24) is 9.97 Å². The Bertz CT molecular complexity index is 480. The van der Waals surface area contributed by atoms with Crippen molar-refractivity contribution in [3.8, 4) is 22.9 Å². The van der Waals surface area contributed by atoms with Crippen LogP contribution in [0.15, 0.2) is 36.7 Å². The van der Waals surface area contributed by atoms with E-state index in [1.165, 1.54) is 12.4 Å². The number of unbranched alkanes of at least 4 members (excludes halogenated alkanes) is 1. The van der Waals surface area contributed by atoms with Crippen LogP contribution in [0.5, 0.6) is 11.5 Å². The third-order valence-corrected chi connectivity index (χ3v) is 2.52. The van der Waals surface area contributed by atoms with E-state index in [4.69, 9.17) is 9.84 Å². The van der Waals surface area contributed by atoms with Crippen molar-refractivity contribution in [2.45, 2.75) is 19.8 Å². The van der Waals surface area contributed by atoms with Crippen molar-refractivity contribution in [2.24, 2.45) is 0 Å². The van der Waals surface area contributed by atoms with E-state index in [1.807, 2.05) is 24.3 Å². The molecule has 0 fully saturated rings. The smallest absolute Gasteiger partial charge is 0.159 e. The van der Waals surface area contributed by atoms with E-state index in [9.17, 15) is 0 Å². The Balaban J connectivity index is 2.05. The first kappa shape index (κ1) is 12.4. The Hall–Kier alpha value is -2.10. The van der Waals surface area contributed by atoms with Crippen molar-refractivity contribution in [1.29, 1.82) is 0 Å². The number of hydrogen-bond donors (Lipinski definition) is 1. The van der Waals surface area contributed by atoms with Gasteiger partial charge in [-0.1, -0.05) is 13.3 Å². The van der Waals surface area contributed by atoms with E-state index >= 15 is 0 Å². The molecular formula is C14H16N2O2. The summed E-state index contributed by atoms with van der Waals surface area (Å²) in [6.45, 7) is 2.88. The van der Waals surface area contributed by atoms with Gasteiger partial charge < -0.3 is 9.84 Å². The van der Waals surface area contributed by atoms with Crippen LogP contribution in [-0.4, -0.2) is 21.7 Å². The van der Waals surface area contributed by atoms with Gasteiger partial charge >= 0.3 is 0 Å². The van der Waals surface area contributed by atoms with Gasteiger partial charge in [0.05, 0.1) is 19.0 Å². The lowest BCUT2D eigenvalue weighted by Crippen LogP contribution is -1.96. The number of ether oxygens (including phenoxy) is 1. The van der Waals surface area contributed by atoms with Crippen LogP contribution in [0.3, 0.4) is 0 Å². The lowest BCUT2D eigenvalue weighted by Gasteiger charge is -2.06. The van der Waals surface area contributed by atoms with Crippen LogP contribution >= 0.6 is 0 Å². The fourth-order valence-corrected chi connectivity index (χ4v) is 1.50. The molecule has 2 aromatic rings. The third kappa shape index (κ3) is 3.20. The van der Waals surface area contributed by atoms with Gasteiger partial charge in [0.2, 0.25) is 0 Å². The molecule has 0 aliphatic carbocycles. The van der Waals surface area contributed by atoms with E-state index in [1.54, 1.807) is 0 Å². The number of aromatic nitrogens is 2. The first-order chi connectivity index (χ1) is 8.79. The van der Waals surface area contributed by atoms with Crippen LogP contribution in [0, 0.1) is 0 Å². The minimum absolute atomic E-state index is 0.0678. The molecule has 0 aliphatic rings. The van der Waals surface area contributed by atoms with Crippen molar-refractivity contribution in [2.75, 3.05) is 6.61 Å². The number of benzene rings is 1. The van der Waals surface area contributed by atoms with Gasteiger partial charge in [-0.15, -0.1) is 0 Å². The topological polar surface area (TPSA) is 55.2 Å². The average Bonchev–Trinajstić information content (AvgIpc) is 2.41. The summed E-state index contributed by atoms with van der Waals surface area (Å²) in [6.07, 6.45) is 4.95. The van der Waals surface area contributed by atoms with Crippen molar-refractivity contribution in [3.05, 3.63) is 36.7 Å². The molecule has 1 aromatic carbocycles. The molecule has 1 heterocycles. The van der Waals surface area contributed by atoms with Crippen LogP contribution in [0.1, 0.15) is 19.8 Å². The van der Waals surface area contributed by atoms with Crippen LogP contribution in [-0.2, 0) is 0 Å². The Labute approximate surface area is 106 Å². The maximum Gasteiger partial charge on any atom is 0.159 e. The molecule has 0 bridgehead atoms. The maximum atomic E-state index is 9.12. The average molecular weight is 244 g/mol. The quantitative estimate of drug-likeness (QED) is 0.821. The fourth-order valence-electron chi connectivity index (χ4n) is 1.50. The Morgan fingerprint density at radius 2 is 1.78 bits per heavy atom. The molecule has 4 heteroatoms. The summed E-state index contributed by atoms with van der Waals surface area (Å²) in [4.78, 5) is 8.10. The molecule has 1 N–H and O–H groups in total. The van der Waals surface area contributed by atoms with E-state index in [0.29, 0.717) is 5.82 Å². The highest BCUT2D eigenvalue weighted by Gasteiger charge is 2.01. The minimum atomic E-state index is 0.0678. The van der Waals surface area contributed by atoms with Gasteiger partial charge in [0.25, 0.3) is 0 Å². The highest BCUT2D eigenvalue weighted by Crippen LogP contribution is 2.20. The second kappa shape index (κ2) is 6.00. The van der Waals surface area contributed by atoms with Crippen molar-refractivity contribution < 1.29 is 9.84 Å². The van der Waals surface area contributed by atoms with Crippen LogP contribution < -0.4 is 4.74 Å². The second-order valence-electron chi connectivity index (χ2n) is 3.99. The Morgan fingerprint density at radius 1 is 1.11 bits per heavy atom. The lowest BCUT2D eigenvalue weighted by molar-refractivity contribution is 0.309. The SMILES string of the molecule is CCCCOc1ccc(-c2ncc(O)cn2)cc1. The predicted molar refractivity (Wildman–Crippen MR) is 69.5 cm³/mol. The summed E-state index contributed by atoms with van der Waals surface area (Å²) >= 11 is 0. The van der Waals surface area contributed by atoms with Gasteiger partial charge in [-0.05, 0) is 30.7 Å². The minimum Gasteiger partial charge on any atom is -0.505 e. The van der Waals surface area contributed by atoms with Gasteiger partial charge in [-0.2, -0.15) is 0 Å². The van der Waals surface area contributed by atoms with Crippen molar-refractivity contribution >= 4 is 0 Å². The molecule has 0 aliphatic heterocycles. The van der Waals surface area contributed by atoms with Crippen LogP contribution in [0.25, 0.3) is 11.4 Å². The molecule has 18 heavy (non-hydrogen) atoms. The zero-order valence-corrected chi connectivity index (χ0v) is 10.3. The number of rotatable bonds is 5. The molecule has 0 saturated carbocycles. The summed E-state index contributed by atoms with van der Waals surface area (Å²) in [5, 5.41) is 9.12. The molecule has 0 unspecified atom stereocenters. The zero-order valence-electron chi connectivity index (χ0n) is 10.3. The first-order valence-electron chi connectivity index (χ1n) is 6.04. The summed E-state index contributed by atoms with van der Waals surface area (Å²) in [5.41, 5.74) is 0.901. The predicted octanol–water partition coefficient (Wildman–Crippen LogP) is 3.03. The van der Waals surface area contributed by atoms with Gasteiger partial charge in [0, 0.05) is 5.56 Å². The first-order valence-corrected chi connectivity index (χ1v) is 6.04. The van der Waals surface area contributed by atoms with Crippen LogP contribution in [0.2, 0.25) is 0 Å². The monoisotopic (exact) mass is 244 g/mol. The number of aromatic hydroxyl groups is 1. The highest BCUT2D eigenvalue weighted by atomic mass is 16.5. The largest absolute Gasteiger partial charge is 0.505 e. The summed E-state index contributed by atoms with van der Waals surface area (Å²) in [7, 11) is 0. The molecule has 0 atom stereocenters. The summed E-state index contributed by atoms with van der Waals surface area (Å²) < 4.78 is 5.58. The number of hydrogen-bond acceptors (Lipinski definition) is 4. The molecule has 2 rings (SSSR count). The molecule has 4 nitrogen and oxygen atoms in total. The Morgan fingerprint density at radius 3 is 2.39 bits per heavy atom. The second-order valence-corrected chi connectivity index (χ2v) is 3.99. The van der Waals surface area contributed by atoms with Crippen LogP contribution in [0.4, 0.5) is 0 Å². The van der Waals surface area contributed by atoms with E-state index in [-0.39, 0.29) is 5.75 Å². The summed E-state index contributed by atoms with van der Waals surface area (Å²) in [6, 6.07) is 7.63. The van der Waals surface area contributed by atoms with Gasteiger partial charge in [-0.3, -0.25) is 0 Å². The maximum absolute atomic E-state index is 9.12. The van der Waals surface area contributed by atoms with E-state index in [2.05, 4.69) is 16.9 Å². The highest BCUT2D eigenvalue weighted by molar-refractivity contribution is 5.56. The van der Waals surface area contributed by atoms with Gasteiger partial charge in [0.15, 0.2) is 11.6 Å². The number of nitrogens with zero attached hydrogens (tertiary/aromatic N) is 2. The molecule has 0 radical (unpaired) electrons. The molecular weight excluding hydrogens is 228 g/mol. The van der Waals surface area contributed by atoms with E-state index < -0.39 is 0 Å². The normalized spacial score (nSPS) is 10.3.